The largest absolute Gasteiger partial charge is 0.441 e. The Kier molecular flexibility index (Phi) is 8.35. The predicted octanol–water partition coefficient (Wildman–Crippen LogP) is 2.46. The van der Waals surface area contributed by atoms with Gasteiger partial charge in [-0.1, -0.05) is 44.4 Å². The first-order valence-electron chi connectivity index (χ1n) is 9.50. The molecule has 3 N–H and O–H groups in total. The third-order valence-corrected chi connectivity index (χ3v) is 4.39. The van der Waals surface area contributed by atoms with Gasteiger partial charge in [-0.3, -0.25) is 30.4 Å². The highest BCUT2D eigenvalue weighted by Gasteiger charge is 2.23. The van der Waals surface area contributed by atoms with E-state index >= 15 is 0 Å². The molecule has 2 aromatic rings. The molecule has 0 saturated heterocycles. The number of unbranched alkanes of at least 4 members (excludes halogenated alkanes) is 2. The van der Waals surface area contributed by atoms with Gasteiger partial charge in [0.1, 0.15) is 5.76 Å². The summed E-state index contributed by atoms with van der Waals surface area (Å²) in [6, 6.07) is 9.14. The zero-order valence-electron chi connectivity index (χ0n) is 16.6. The van der Waals surface area contributed by atoms with E-state index in [1.807, 2.05) is 37.3 Å². The predicted molar refractivity (Wildman–Crippen MR) is 104 cm³/mol. The number of carbonyl (C=O) groups is 3. The zero-order chi connectivity index (χ0) is 21.2. The summed E-state index contributed by atoms with van der Waals surface area (Å²) in [5, 5.41) is 9.83. The van der Waals surface area contributed by atoms with Crippen molar-refractivity contribution in [2.75, 3.05) is 6.54 Å². The van der Waals surface area contributed by atoms with Gasteiger partial charge in [0.25, 0.3) is 5.91 Å². The molecule has 9 heteroatoms. The molecule has 0 radical (unpaired) electrons. The molecule has 9 nitrogen and oxygen atoms in total. The molecule has 29 heavy (non-hydrogen) atoms. The molecule has 0 bridgehead atoms. The summed E-state index contributed by atoms with van der Waals surface area (Å²) in [6.07, 6.45) is 3.36. The van der Waals surface area contributed by atoms with Gasteiger partial charge in [0.2, 0.25) is 18.2 Å². The van der Waals surface area contributed by atoms with Gasteiger partial charge < -0.3 is 4.42 Å². The molecule has 0 fully saturated rings. The standard InChI is InChI=1S/C20H26N4O5/c1-3-4-6-11-16(12-24(28)13-25)18(26)22-23-19(27)17-14(2)29-20(21-17)15-9-7-5-8-10-15/h5,7-10,13,16,28H,3-4,6,11-12H2,1-2H3,(H,22,26)(H,23,27)/t16-/m1/s1. The number of benzene rings is 1. The topological polar surface area (TPSA) is 125 Å². The van der Waals surface area contributed by atoms with Crippen molar-refractivity contribution in [1.82, 2.24) is 20.9 Å². The van der Waals surface area contributed by atoms with E-state index in [-0.39, 0.29) is 18.6 Å². The number of rotatable bonds is 10. The van der Waals surface area contributed by atoms with Crippen LogP contribution in [0.2, 0.25) is 0 Å². The van der Waals surface area contributed by atoms with Crippen molar-refractivity contribution in [1.29, 1.82) is 0 Å². The van der Waals surface area contributed by atoms with Crippen LogP contribution in [0.15, 0.2) is 34.7 Å². The molecule has 1 heterocycles. The van der Waals surface area contributed by atoms with E-state index in [9.17, 15) is 19.6 Å². The van der Waals surface area contributed by atoms with E-state index in [1.165, 1.54) is 0 Å². The van der Waals surface area contributed by atoms with Crippen molar-refractivity contribution in [2.24, 2.45) is 5.92 Å². The van der Waals surface area contributed by atoms with Crippen LogP contribution in [0.25, 0.3) is 11.5 Å². The van der Waals surface area contributed by atoms with Gasteiger partial charge in [0.15, 0.2) is 5.69 Å². The summed E-state index contributed by atoms with van der Waals surface area (Å²) in [4.78, 5) is 39.7. The second-order valence-corrected chi connectivity index (χ2v) is 6.65. The average Bonchev–Trinajstić information content (AvgIpc) is 3.13. The highest BCUT2D eigenvalue weighted by Crippen LogP contribution is 2.21. The summed E-state index contributed by atoms with van der Waals surface area (Å²) in [5.41, 5.74) is 5.44. The van der Waals surface area contributed by atoms with Crippen LogP contribution in [0.1, 0.15) is 48.9 Å². The monoisotopic (exact) mass is 402 g/mol. The molecule has 2 rings (SSSR count). The molecule has 156 valence electrons. The Morgan fingerprint density at radius 2 is 1.97 bits per heavy atom. The number of aryl methyl sites for hydroxylation is 1. The molecule has 0 unspecified atom stereocenters. The lowest BCUT2D eigenvalue weighted by molar-refractivity contribution is -0.154. The maximum absolute atomic E-state index is 12.4. The van der Waals surface area contributed by atoms with Crippen LogP contribution in [0.5, 0.6) is 0 Å². The van der Waals surface area contributed by atoms with Crippen molar-refractivity contribution in [3.8, 4) is 11.5 Å². The first-order valence-corrected chi connectivity index (χ1v) is 9.50. The van der Waals surface area contributed by atoms with Crippen LogP contribution in [-0.4, -0.2) is 40.0 Å². The maximum atomic E-state index is 12.4. The molecule has 0 saturated carbocycles. The normalized spacial score (nSPS) is 11.6. The van der Waals surface area contributed by atoms with E-state index in [1.54, 1.807) is 6.92 Å². The SMILES string of the molecule is CCCCC[C@H](CN(O)C=O)C(=O)NNC(=O)c1nc(-c2ccccc2)oc1C. The van der Waals surface area contributed by atoms with Crippen LogP contribution < -0.4 is 10.9 Å². The van der Waals surface area contributed by atoms with E-state index in [4.69, 9.17) is 4.42 Å². The van der Waals surface area contributed by atoms with E-state index < -0.39 is 17.7 Å². The Morgan fingerprint density at radius 3 is 2.62 bits per heavy atom. The molecular formula is C20H26N4O5. The third-order valence-electron chi connectivity index (χ3n) is 4.39. The maximum Gasteiger partial charge on any atom is 0.291 e. The van der Waals surface area contributed by atoms with Crippen LogP contribution in [0, 0.1) is 12.8 Å². The average molecular weight is 402 g/mol. The number of aromatic nitrogens is 1. The minimum atomic E-state index is -0.657. The van der Waals surface area contributed by atoms with Crippen molar-refractivity contribution in [3.63, 3.8) is 0 Å². The van der Waals surface area contributed by atoms with E-state index in [2.05, 4.69) is 15.8 Å². The third kappa shape index (κ3) is 6.42. The molecule has 0 aliphatic carbocycles. The zero-order valence-corrected chi connectivity index (χ0v) is 16.6. The Labute approximate surface area is 169 Å². The number of oxazole rings is 1. The molecular weight excluding hydrogens is 376 g/mol. The lowest BCUT2D eigenvalue weighted by atomic mass is 10.0. The van der Waals surface area contributed by atoms with Gasteiger partial charge in [0, 0.05) is 5.56 Å². The smallest absolute Gasteiger partial charge is 0.291 e. The van der Waals surface area contributed by atoms with Crippen molar-refractivity contribution >= 4 is 18.2 Å². The van der Waals surface area contributed by atoms with Gasteiger partial charge in [0.05, 0.1) is 12.5 Å². The number of carbonyl (C=O) groups excluding carboxylic acids is 3. The quantitative estimate of drug-likeness (QED) is 0.243. The Bertz CT molecular complexity index is 822. The number of amides is 3. The number of nitrogens with one attached hydrogen (secondary N) is 2. The van der Waals surface area contributed by atoms with Crippen LogP contribution in [0.3, 0.4) is 0 Å². The Morgan fingerprint density at radius 1 is 1.24 bits per heavy atom. The number of hydrogen-bond donors (Lipinski definition) is 3. The van der Waals surface area contributed by atoms with Gasteiger partial charge in [-0.25, -0.2) is 10.0 Å². The van der Waals surface area contributed by atoms with Crippen molar-refractivity contribution in [3.05, 3.63) is 41.8 Å². The highest BCUT2D eigenvalue weighted by molar-refractivity contribution is 5.95. The lowest BCUT2D eigenvalue weighted by Crippen LogP contribution is -2.47. The van der Waals surface area contributed by atoms with Crippen LogP contribution in [-0.2, 0) is 9.59 Å². The molecule has 0 spiro atoms. The first-order chi connectivity index (χ1) is 14.0. The van der Waals surface area contributed by atoms with E-state index in [0.29, 0.717) is 23.1 Å². The van der Waals surface area contributed by atoms with E-state index in [0.717, 1.165) is 24.8 Å². The van der Waals surface area contributed by atoms with Crippen LogP contribution in [0.4, 0.5) is 0 Å². The molecule has 0 aliphatic rings. The highest BCUT2D eigenvalue weighted by atomic mass is 16.5. The van der Waals surface area contributed by atoms with Crippen LogP contribution >= 0.6 is 0 Å². The summed E-state index contributed by atoms with van der Waals surface area (Å²) in [5.74, 6) is -1.16. The van der Waals surface area contributed by atoms with Crippen molar-refractivity contribution in [2.45, 2.75) is 39.5 Å². The fourth-order valence-corrected chi connectivity index (χ4v) is 2.81. The number of nitrogens with zero attached hydrogens (tertiary/aromatic N) is 2. The second-order valence-electron chi connectivity index (χ2n) is 6.65. The molecule has 1 atom stereocenters. The Balaban J connectivity index is 1.99. The molecule has 1 aromatic carbocycles. The van der Waals surface area contributed by atoms with Gasteiger partial charge in [-0.15, -0.1) is 0 Å². The fraction of sp³-hybridized carbons (Fsp3) is 0.400. The minimum absolute atomic E-state index is 0.0587. The summed E-state index contributed by atoms with van der Waals surface area (Å²) < 4.78 is 5.55. The van der Waals surface area contributed by atoms with Gasteiger partial charge in [-0.2, -0.15) is 0 Å². The van der Waals surface area contributed by atoms with Gasteiger partial charge >= 0.3 is 0 Å². The van der Waals surface area contributed by atoms with Crippen molar-refractivity contribution < 1.29 is 24.0 Å². The first kappa shape index (κ1) is 22.1. The fourth-order valence-electron chi connectivity index (χ4n) is 2.81. The minimum Gasteiger partial charge on any atom is -0.441 e. The molecule has 1 aromatic heterocycles. The molecule has 3 amide bonds. The number of hydrogen-bond acceptors (Lipinski definition) is 6. The number of hydroxylamine groups is 2. The summed E-state index contributed by atoms with van der Waals surface area (Å²) >= 11 is 0. The Hall–Kier alpha value is -3.20. The summed E-state index contributed by atoms with van der Waals surface area (Å²) in [7, 11) is 0. The van der Waals surface area contributed by atoms with Gasteiger partial charge in [-0.05, 0) is 25.5 Å². The molecule has 0 aliphatic heterocycles. The lowest BCUT2D eigenvalue weighted by Gasteiger charge is -2.19. The number of hydrazine groups is 1. The second kappa shape index (κ2) is 11.0. The summed E-state index contributed by atoms with van der Waals surface area (Å²) in [6.45, 7) is 3.48.